The summed E-state index contributed by atoms with van der Waals surface area (Å²) in [4.78, 5) is 11.4. The second-order valence-electron chi connectivity index (χ2n) is 4.15. The highest BCUT2D eigenvalue weighted by atomic mass is 16.5. The van der Waals surface area contributed by atoms with Crippen LogP contribution in [0.5, 0.6) is 11.5 Å². The lowest BCUT2D eigenvalue weighted by atomic mass is 9.92. The molecule has 2 rings (SSSR count). The maximum atomic E-state index is 11.4. The number of aliphatic carboxylic acids is 1. The van der Waals surface area contributed by atoms with Gasteiger partial charge in [-0.2, -0.15) is 0 Å². The first-order valence-electron chi connectivity index (χ1n) is 5.55. The lowest BCUT2D eigenvalue weighted by molar-refractivity contribution is -0.157. The topological polar surface area (TPSA) is 78.8 Å². The van der Waals surface area contributed by atoms with E-state index in [2.05, 4.69) is 5.32 Å². The van der Waals surface area contributed by atoms with Crippen LogP contribution in [0.15, 0.2) is 24.3 Å². The average Bonchev–Trinajstić information content (AvgIpc) is 2.30. The highest BCUT2D eigenvalue weighted by Gasteiger charge is 2.42. The van der Waals surface area contributed by atoms with Gasteiger partial charge < -0.3 is 20.3 Å². The Bertz CT molecular complexity index is 413. The number of benzene rings is 1. The van der Waals surface area contributed by atoms with E-state index in [0.717, 1.165) is 0 Å². The molecule has 5 heteroatoms. The van der Waals surface area contributed by atoms with Gasteiger partial charge in [0, 0.05) is 18.9 Å². The van der Waals surface area contributed by atoms with E-state index in [1.165, 1.54) is 12.1 Å². The fourth-order valence-electron chi connectivity index (χ4n) is 1.96. The molecule has 0 radical (unpaired) electrons. The predicted octanol–water partition coefficient (Wildman–Crippen LogP) is 0.978. The molecule has 0 aromatic heterocycles. The average molecular weight is 237 g/mol. The van der Waals surface area contributed by atoms with Crippen molar-refractivity contribution < 1.29 is 19.7 Å². The summed E-state index contributed by atoms with van der Waals surface area (Å²) in [5.41, 5.74) is -1.18. The van der Waals surface area contributed by atoms with Crippen LogP contribution in [0.25, 0.3) is 0 Å². The van der Waals surface area contributed by atoms with Gasteiger partial charge in [0.1, 0.15) is 11.5 Å². The van der Waals surface area contributed by atoms with E-state index >= 15 is 0 Å². The first-order valence-corrected chi connectivity index (χ1v) is 5.55. The normalized spacial score (nSPS) is 18.6. The molecule has 0 bridgehead atoms. The summed E-state index contributed by atoms with van der Waals surface area (Å²) in [6.45, 7) is 1.23. The molecule has 92 valence electrons. The van der Waals surface area contributed by atoms with Crippen LogP contribution in [0.2, 0.25) is 0 Å². The van der Waals surface area contributed by atoms with Crippen LogP contribution in [-0.2, 0) is 4.79 Å². The molecule has 0 atom stereocenters. The minimum atomic E-state index is -1.18. The van der Waals surface area contributed by atoms with Gasteiger partial charge >= 0.3 is 5.97 Å². The fourth-order valence-corrected chi connectivity index (χ4v) is 1.96. The summed E-state index contributed by atoms with van der Waals surface area (Å²) in [6, 6.07) is 6.21. The number of phenolic OH excluding ortho intramolecular Hbond substituents is 1. The number of carbonyl (C=O) groups is 1. The predicted molar refractivity (Wildman–Crippen MR) is 61.2 cm³/mol. The van der Waals surface area contributed by atoms with Crippen LogP contribution in [0.3, 0.4) is 0 Å². The van der Waals surface area contributed by atoms with E-state index in [1.54, 1.807) is 12.1 Å². The Kier molecular flexibility index (Phi) is 3.19. The maximum absolute atomic E-state index is 11.4. The number of aromatic hydroxyl groups is 1. The minimum absolute atomic E-state index is 0.0666. The van der Waals surface area contributed by atoms with Crippen molar-refractivity contribution in [2.75, 3.05) is 13.1 Å². The van der Waals surface area contributed by atoms with Gasteiger partial charge in [0.15, 0.2) is 0 Å². The maximum Gasteiger partial charge on any atom is 0.348 e. The molecular formula is C12H15NO4. The van der Waals surface area contributed by atoms with Gasteiger partial charge in [0.05, 0.1) is 0 Å². The Morgan fingerprint density at radius 1 is 1.35 bits per heavy atom. The molecule has 0 amide bonds. The second-order valence-corrected chi connectivity index (χ2v) is 4.15. The van der Waals surface area contributed by atoms with E-state index in [9.17, 15) is 15.0 Å². The first-order chi connectivity index (χ1) is 8.12. The number of carboxylic acid groups (broad SMARTS) is 1. The van der Waals surface area contributed by atoms with Gasteiger partial charge in [-0.1, -0.05) is 6.07 Å². The van der Waals surface area contributed by atoms with Gasteiger partial charge in [-0.3, -0.25) is 0 Å². The fraction of sp³-hybridized carbons (Fsp3) is 0.417. The van der Waals surface area contributed by atoms with Crippen LogP contribution in [0.1, 0.15) is 12.8 Å². The van der Waals surface area contributed by atoms with E-state index < -0.39 is 11.6 Å². The number of hydrogen-bond acceptors (Lipinski definition) is 4. The van der Waals surface area contributed by atoms with Gasteiger partial charge in [-0.05, 0) is 25.2 Å². The second kappa shape index (κ2) is 4.63. The third kappa shape index (κ3) is 2.50. The van der Waals surface area contributed by atoms with Crippen molar-refractivity contribution in [2.24, 2.45) is 0 Å². The molecule has 0 unspecified atom stereocenters. The zero-order valence-electron chi connectivity index (χ0n) is 9.35. The van der Waals surface area contributed by atoms with Crippen molar-refractivity contribution in [2.45, 2.75) is 18.4 Å². The molecule has 5 nitrogen and oxygen atoms in total. The zero-order chi connectivity index (χ0) is 12.3. The van der Waals surface area contributed by atoms with Crippen LogP contribution in [-0.4, -0.2) is 34.9 Å². The SMILES string of the molecule is O=C(O)C1(Oc2cccc(O)c2)CCNCC1. The molecule has 3 N–H and O–H groups in total. The van der Waals surface area contributed by atoms with E-state index in [4.69, 9.17) is 4.74 Å². The number of phenols is 1. The summed E-state index contributed by atoms with van der Waals surface area (Å²) >= 11 is 0. The Labute approximate surface area is 99.0 Å². The number of nitrogens with one attached hydrogen (secondary N) is 1. The summed E-state index contributed by atoms with van der Waals surface area (Å²) in [7, 11) is 0. The molecule has 0 saturated carbocycles. The molecular weight excluding hydrogens is 222 g/mol. The van der Waals surface area contributed by atoms with Crippen LogP contribution in [0, 0.1) is 0 Å². The third-order valence-corrected chi connectivity index (χ3v) is 2.93. The monoisotopic (exact) mass is 237 g/mol. The quantitative estimate of drug-likeness (QED) is 0.730. The summed E-state index contributed by atoms with van der Waals surface area (Å²) < 4.78 is 5.59. The van der Waals surface area contributed by atoms with Crippen molar-refractivity contribution in [3.05, 3.63) is 24.3 Å². The molecule has 1 fully saturated rings. The number of carboxylic acids is 1. The van der Waals surface area contributed by atoms with Crippen molar-refractivity contribution in [1.29, 1.82) is 0 Å². The van der Waals surface area contributed by atoms with Crippen molar-refractivity contribution >= 4 is 5.97 Å². The minimum Gasteiger partial charge on any atom is -0.508 e. The van der Waals surface area contributed by atoms with Gasteiger partial charge in [0.25, 0.3) is 0 Å². The van der Waals surface area contributed by atoms with E-state index in [-0.39, 0.29) is 5.75 Å². The molecule has 0 spiro atoms. The van der Waals surface area contributed by atoms with Crippen LogP contribution in [0.4, 0.5) is 0 Å². The Balaban J connectivity index is 2.20. The molecule has 17 heavy (non-hydrogen) atoms. The van der Waals surface area contributed by atoms with Crippen molar-refractivity contribution in [3.63, 3.8) is 0 Å². The first kappa shape index (κ1) is 11.7. The zero-order valence-corrected chi connectivity index (χ0v) is 9.35. The lowest BCUT2D eigenvalue weighted by Gasteiger charge is -2.34. The van der Waals surface area contributed by atoms with Crippen molar-refractivity contribution in [1.82, 2.24) is 5.32 Å². The molecule has 1 aromatic carbocycles. The lowest BCUT2D eigenvalue weighted by Crippen LogP contribution is -2.52. The third-order valence-electron chi connectivity index (χ3n) is 2.93. The van der Waals surface area contributed by atoms with Gasteiger partial charge in [-0.25, -0.2) is 4.79 Å². The molecule has 1 aromatic rings. The largest absolute Gasteiger partial charge is 0.508 e. The van der Waals surface area contributed by atoms with Crippen LogP contribution < -0.4 is 10.1 Å². The molecule has 1 saturated heterocycles. The Morgan fingerprint density at radius 3 is 2.65 bits per heavy atom. The number of rotatable bonds is 3. The van der Waals surface area contributed by atoms with Gasteiger partial charge in [-0.15, -0.1) is 0 Å². The van der Waals surface area contributed by atoms with Crippen molar-refractivity contribution in [3.8, 4) is 11.5 Å². The van der Waals surface area contributed by atoms with Crippen LogP contribution >= 0.6 is 0 Å². The highest BCUT2D eigenvalue weighted by Crippen LogP contribution is 2.28. The molecule has 1 aliphatic heterocycles. The van der Waals surface area contributed by atoms with E-state index in [0.29, 0.717) is 31.7 Å². The smallest absolute Gasteiger partial charge is 0.348 e. The number of piperidine rings is 1. The van der Waals surface area contributed by atoms with Gasteiger partial charge in [0.2, 0.25) is 5.60 Å². The summed E-state index contributed by atoms with van der Waals surface area (Å²) in [5, 5.41) is 21.7. The highest BCUT2D eigenvalue weighted by molar-refractivity contribution is 5.78. The summed E-state index contributed by atoms with van der Waals surface area (Å²) in [5.74, 6) is -0.506. The number of hydrogen-bond donors (Lipinski definition) is 3. The molecule has 0 aliphatic carbocycles. The van der Waals surface area contributed by atoms with E-state index in [1.807, 2.05) is 0 Å². The Morgan fingerprint density at radius 2 is 2.06 bits per heavy atom. The summed E-state index contributed by atoms with van der Waals surface area (Å²) in [6.07, 6.45) is 0.829. The number of ether oxygens (including phenoxy) is 1. The molecule has 1 aliphatic rings. The molecule has 1 heterocycles. The standard InChI is InChI=1S/C12H15NO4/c14-9-2-1-3-10(8-9)17-12(11(15)16)4-6-13-7-5-12/h1-3,8,13-14H,4-7H2,(H,15,16). The Hall–Kier alpha value is -1.75.